The van der Waals surface area contributed by atoms with Gasteiger partial charge in [-0.15, -0.1) is 0 Å². The number of furan rings is 1. The molecule has 4 heteroatoms. The maximum Gasteiger partial charge on any atom is 0.133 e. The quantitative estimate of drug-likeness (QED) is 0.779. The Kier molecular flexibility index (Phi) is 2.47. The number of aromatic carboxylic acids is 1. The van der Waals surface area contributed by atoms with Gasteiger partial charge in [-0.1, -0.05) is 23.7 Å². The van der Waals surface area contributed by atoms with E-state index < -0.39 is 5.97 Å². The summed E-state index contributed by atoms with van der Waals surface area (Å²) in [7, 11) is 0. The number of hydrogen-bond donors (Lipinski definition) is 0. The van der Waals surface area contributed by atoms with E-state index in [1.54, 1.807) is 18.2 Å². The van der Waals surface area contributed by atoms with Gasteiger partial charge in [0.05, 0.1) is 17.3 Å². The summed E-state index contributed by atoms with van der Waals surface area (Å²) in [5.74, 6) is -0.646. The molecule has 2 aromatic rings. The summed E-state index contributed by atoms with van der Waals surface area (Å²) in [5.41, 5.74) is 0.710. The van der Waals surface area contributed by atoms with Gasteiger partial charge in [0.2, 0.25) is 0 Å². The summed E-state index contributed by atoms with van der Waals surface area (Å²) in [4.78, 5) is 10.6. The van der Waals surface area contributed by atoms with Gasteiger partial charge in [0.25, 0.3) is 0 Å². The van der Waals surface area contributed by atoms with E-state index >= 15 is 0 Å². The van der Waals surface area contributed by atoms with Crippen LogP contribution in [0.1, 0.15) is 10.4 Å². The number of halogens is 1. The van der Waals surface area contributed by atoms with Crippen LogP contribution in [0, 0.1) is 0 Å². The fourth-order valence-corrected chi connectivity index (χ4v) is 1.53. The predicted octanol–water partition coefficient (Wildman–Crippen LogP) is 1.96. The highest BCUT2D eigenvalue weighted by atomic mass is 35.5. The Morgan fingerprint density at radius 3 is 2.67 bits per heavy atom. The molecule has 0 aliphatic rings. The van der Waals surface area contributed by atoms with Crippen LogP contribution < -0.4 is 5.11 Å². The van der Waals surface area contributed by atoms with Gasteiger partial charge in [0, 0.05) is 11.1 Å². The Hall–Kier alpha value is -1.74. The number of benzene rings is 1. The molecule has 0 unspecified atom stereocenters. The van der Waals surface area contributed by atoms with E-state index in [1.165, 1.54) is 18.4 Å². The molecule has 1 heterocycles. The van der Waals surface area contributed by atoms with Gasteiger partial charge in [0.1, 0.15) is 5.76 Å². The van der Waals surface area contributed by atoms with Gasteiger partial charge in [-0.05, 0) is 18.2 Å². The van der Waals surface area contributed by atoms with Crippen LogP contribution in [-0.4, -0.2) is 5.97 Å². The molecule has 0 spiro atoms. The number of hydrogen-bond acceptors (Lipinski definition) is 3. The highest BCUT2D eigenvalue weighted by Gasteiger charge is 2.05. The molecule has 1 aromatic heterocycles. The molecular formula is C11H6ClO3-. The Labute approximate surface area is 90.9 Å². The first-order chi connectivity index (χ1) is 7.18. The lowest BCUT2D eigenvalue weighted by molar-refractivity contribution is -0.255. The molecule has 2 rings (SSSR count). The van der Waals surface area contributed by atoms with Crippen molar-refractivity contribution in [2.24, 2.45) is 0 Å². The molecule has 1 aromatic carbocycles. The maximum absolute atomic E-state index is 10.6. The van der Waals surface area contributed by atoms with Crippen molar-refractivity contribution in [3.63, 3.8) is 0 Å². The minimum absolute atomic E-state index is 0.0213. The van der Waals surface area contributed by atoms with Crippen molar-refractivity contribution in [2.45, 2.75) is 0 Å². The monoisotopic (exact) mass is 221 g/mol. The predicted molar refractivity (Wildman–Crippen MR) is 53.5 cm³/mol. The molecule has 76 valence electrons. The average molecular weight is 222 g/mol. The van der Waals surface area contributed by atoms with Crippen LogP contribution in [0.3, 0.4) is 0 Å². The summed E-state index contributed by atoms with van der Waals surface area (Å²) in [6.45, 7) is 0. The Morgan fingerprint density at radius 2 is 2.13 bits per heavy atom. The van der Waals surface area contributed by atoms with Crippen molar-refractivity contribution in [3.05, 3.63) is 47.2 Å². The molecule has 0 aliphatic heterocycles. The van der Waals surface area contributed by atoms with Gasteiger partial charge in [-0.2, -0.15) is 0 Å². The molecule has 3 nitrogen and oxygen atoms in total. The van der Waals surface area contributed by atoms with Crippen molar-refractivity contribution >= 4 is 17.6 Å². The molecule has 0 radical (unpaired) electrons. The van der Waals surface area contributed by atoms with E-state index in [9.17, 15) is 9.90 Å². The van der Waals surface area contributed by atoms with E-state index in [1.807, 2.05) is 0 Å². The van der Waals surface area contributed by atoms with Crippen LogP contribution in [0.2, 0.25) is 5.02 Å². The molecule has 0 bridgehead atoms. The van der Waals surface area contributed by atoms with Gasteiger partial charge in [-0.3, -0.25) is 0 Å². The van der Waals surface area contributed by atoms with Crippen molar-refractivity contribution in [3.8, 4) is 11.3 Å². The van der Waals surface area contributed by atoms with Crippen LogP contribution in [0.5, 0.6) is 0 Å². The fraction of sp³-hybridized carbons (Fsp3) is 0. The van der Waals surface area contributed by atoms with E-state index in [0.717, 1.165) is 5.56 Å². The molecule has 0 saturated carbocycles. The van der Waals surface area contributed by atoms with E-state index in [-0.39, 0.29) is 10.6 Å². The van der Waals surface area contributed by atoms with E-state index in [4.69, 9.17) is 16.0 Å². The number of carboxylic acids is 1. The standard InChI is InChI=1S/C11H7ClO3/c12-9-6-7(10-2-1-5-15-10)3-4-8(9)11(13)14/h1-6H,(H,13,14)/p-1. The minimum Gasteiger partial charge on any atom is -0.545 e. The van der Waals surface area contributed by atoms with Crippen LogP contribution in [0.25, 0.3) is 11.3 Å². The second-order valence-electron chi connectivity index (χ2n) is 2.96. The number of carboxylic acid groups (broad SMARTS) is 1. The maximum atomic E-state index is 10.6. The first-order valence-corrected chi connectivity index (χ1v) is 4.61. The summed E-state index contributed by atoms with van der Waals surface area (Å²) in [6.07, 6.45) is 1.54. The van der Waals surface area contributed by atoms with Crippen molar-refractivity contribution < 1.29 is 14.3 Å². The first kappa shape index (κ1) is 9.80. The molecule has 0 N–H and O–H groups in total. The van der Waals surface area contributed by atoms with E-state index in [0.29, 0.717) is 5.76 Å². The van der Waals surface area contributed by atoms with Crippen LogP contribution in [-0.2, 0) is 0 Å². The third kappa shape index (κ3) is 1.87. The Morgan fingerprint density at radius 1 is 1.33 bits per heavy atom. The summed E-state index contributed by atoms with van der Waals surface area (Å²) in [6, 6.07) is 8.07. The van der Waals surface area contributed by atoms with E-state index in [2.05, 4.69) is 0 Å². The summed E-state index contributed by atoms with van der Waals surface area (Å²) in [5, 5.41) is 10.7. The zero-order valence-corrected chi connectivity index (χ0v) is 8.32. The summed E-state index contributed by atoms with van der Waals surface area (Å²) >= 11 is 5.78. The fourth-order valence-electron chi connectivity index (χ4n) is 1.28. The second-order valence-corrected chi connectivity index (χ2v) is 3.37. The highest BCUT2D eigenvalue weighted by molar-refractivity contribution is 6.33. The molecule has 0 aliphatic carbocycles. The number of carbonyl (C=O) groups excluding carboxylic acids is 1. The minimum atomic E-state index is -1.29. The number of rotatable bonds is 2. The smallest absolute Gasteiger partial charge is 0.133 e. The van der Waals surface area contributed by atoms with Crippen LogP contribution in [0.4, 0.5) is 0 Å². The largest absolute Gasteiger partial charge is 0.545 e. The average Bonchev–Trinajstić information content (AvgIpc) is 2.69. The zero-order valence-electron chi connectivity index (χ0n) is 7.57. The van der Waals surface area contributed by atoms with Crippen molar-refractivity contribution in [1.82, 2.24) is 0 Å². The number of carbonyl (C=O) groups is 1. The Bertz CT molecular complexity index is 489. The molecule has 0 amide bonds. The topological polar surface area (TPSA) is 53.3 Å². The SMILES string of the molecule is O=C([O-])c1ccc(-c2ccco2)cc1Cl. The molecular weight excluding hydrogens is 216 g/mol. The van der Waals surface area contributed by atoms with Gasteiger partial charge < -0.3 is 14.3 Å². The third-order valence-electron chi connectivity index (χ3n) is 1.99. The Balaban J connectivity index is 2.47. The van der Waals surface area contributed by atoms with Crippen molar-refractivity contribution in [2.75, 3.05) is 0 Å². The van der Waals surface area contributed by atoms with Crippen LogP contribution >= 0.6 is 11.6 Å². The van der Waals surface area contributed by atoms with Gasteiger partial charge in [-0.25, -0.2) is 0 Å². The molecule has 0 fully saturated rings. The highest BCUT2D eigenvalue weighted by Crippen LogP contribution is 2.25. The lowest BCUT2D eigenvalue weighted by Gasteiger charge is -2.06. The van der Waals surface area contributed by atoms with Crippen LogP contribution in [0.15, 0.2) is 41.0 Å². The lowest BCUT2D eigenvalue weighted by atomic mass is 10.1. The van der Waals surface area contributed by atoms with Crippen molar-refractivity contribution in [1.29, 1.82) is 0 Å². The van der Waals surface area contributed by atoms with Gasteiger partial charge in [0.15, 0.2) is 0 Å². The first-order valence-electron chi connectivity index (χ1n) is 4.23. The second kappa shape index (κ2) is 3.79. The molecule has 0 atom stereocenters. The molecule has 0 saturated heterocycles. The summed E-state index contributed by atoms with van der Waals surface area (Å²) < 4.78 is 5.15. The normalized spacial score (nSPS) is 10.2. The lowest BCUT2D eigenvalue weighted by Crippen LogP contribution is -2.22. The molecule has 15 heavy (non-hydrogen) atoms. The zero-order chi connectivity index (χ0) is 10.8. The third-order valence-corrected chi connectivity index (χ3v) is 2.31. The van der Waals surface area contributed by atoms with Gasteiger partial charge >= 0.3 is 0 Å².